The van der Waals surface area contributed by atoms with Gasteiger partial charge in [-0.1, -0.05) is 12.8 Å². The molecule has 0 atom stereocenters. The summed E-state index contributed by atoms with van der Waals surface area (Å²) in [4.78, 5) is 7.50. The molecule has 1 heterocycles. The molecule has 0 radical (unpaired) electrons. The van der Waals surface area contributed by atoms with Crippen molar-refractivity contribution in [1.29, 1.82) is 0 Å². The van der Waals surface area contributed by atoms with Crippen LogP contribution >= 0.6 is 0 Å². The molecule has 1 aromatic carbocycles. The molecule has 3 N–H and O–H groups in total. The van der Waals surface area contributed by atoms with Crippen LogP contribution in [0.3, 0.4) is 0 Å². The van der Waals surface area contributed by atoms with E-state index in [9.17, 15) is 8.78 Å². The first-order chi connectivity index (χ1) is 8.64. The normalized spacial score (nSPS) is 18.6. The third-order valence-corrected chi connectivity index (χ3v) is 3.98. The molecule has 3 nitrogen and oxygen atoms in total. The lowest BCUT2D eigenvalue weighted by Crippen LogP contribution is -2.33. The van der Waals surface area contributed by atoms with Crippen LogP contribution in [0.2, 0.25) is 0 Å². The van der Waals surface area contributed by atoms with E-state index in [0.717, 1.165) is 43.6 Å². The van der Waals surface area contributed by atoms with Crippen LogP contribution in [-0.2, 0) is 5.41 Å². The van der Waals surface area contributed by atoms with Gasteiger partial charge in [0.25, 0.3) is 0 Å². The third-order valence-electron chi connectivity index (χ3n) is 3.98. The number of imidazole rings is 1. The molecule has 1 aliphatic rings. The van der Waals surface area contributed by atoms with Gasteiger partial charge in [0, 0.05) is 24.1 Å². The molecule has 18 heavy (non-hydrogen) atoms. The minimum absolute atomic E-state index is 0.147. The summed E-state index contributed by atoms with van der Waals surface area (Å²) in [5.74, 6) is -0.956. The van der Waals surface area contributed by atoms with Gasteiger partial charge in [0.05, 0.1) is 11.0 Å². The van der Waals surface area contributed by atoms with Gasteiger partial charge in [-0.2, -0.15) is 0 Å². The molecular formula is C13H15F2N3. The molecule has 0 spiro atoms. The minimum atomic E-state index is -0.867. The average molecular weight is 251 g/mol. The second kappa shape index (κ2) is 4.02. The van der Waals surface area contributed by atoms with Gasteiger partial charge in [-0.25, -0.2) is 13.8 Å². The molecule has 0 aliphatic heterocycles. The standard InChI is InChI=1S/C13H15F2N3/c14-8-5-10-11(6-9(8)15)18-12(17-10)13(7-16)3-1-2-4-13/h5-6H,1-4,7,16H2,(H,17,18). The van der Waals surface area contributed by atoms with E-state index < -0.39 is 11.6 Å². The van der Waals surface area contributed by atoms with Gasteiger partial charge in [-0.15, -0.1) is 0 Å². The van der Waals surface area contributed by atoms with Crippen LogP contribution in [0.25, 0.3) is 11.0 Å². The molecule has 3 rings (SSSR count). The SMILES string of the molecule is NCC1(c2nc3cc(F)c(F)cc3[nH]2)CCCC1. The van der Waals surface area contributed by atoms with Crippen molar-refractivity contribution in [3.8, 4) is 0 Å². The zero-order chi connectivity index (χ0) is 12.8. The number of hydrogen-bond acceptors (Lipinski definition) is 2. The molecule has 1 fully saturated rings. The van der Waals surface area contributed by atoms with E-state index >= 15 is 0 Å². The lowest BCUT2D eigenvalue weighted by Gasteiger charge is -2.24. The van der Waals surface area contributed by atoms with E-state index in [4.69, 9.17) is 5.73 Å². The number of fused-ring (bicyclic) bond motifs is 1. The van der Waals surface area contributed by atoms with E-state index in [1.165, 1.54) is 0 Å². The fourth-order valence-electron chi connectivity index (χ4n) is 2.85. The predicted molar refractivity (Wildman–Crippen MR) is 65.2 cm³/mol. The number of rotatable bonds is 2. The van der Waals surface area contributed by atoms with Gasteiger partial charge >= 0.3 is 0 Å². The molecule has 0 bridgehead atoms. The van der Waals surface area contributed by atoms with E-state index in [2.05, 4.69) is 9.97 Å². The quantitative estimate of drug-likeness (QED) is 0.862. The maximum absolute atomic E-state index is 13.2. The highest BCUT2D eigenvalue weighted by Gasteiger charge is 2.37. The van der Waals surface area contributed by atoms with Crippen molar-refractivity contribution in [2.45, 2.75) is 31.1 Å². The molecule has 1 aromatic heterocycles. The van der Waals surface area contributed by atoms with Gasteiger partial charge in [-0.05, 0) is 12.8 Å². The van der Waals surface area contributed by atoms with Crippen LogP contribution in [0, 0.1) is 11.6 Å². The molecule has 0 unspecified atom stereocenters. The van der Waals surface area contributed by atoms with Crippen molar-refractivity contribution in [2.75, 3.05) is 6.54 Å². The van der Waals surface area contributed by atoms with Gasteiger partial charge in [0.1, 0.15) is 5.82 Å². The summed E-state index contributed by atoms with van der Waals surface area (Å²) in [5, 5.41) is 0. The Kier molecular flexibility index (Phi) is 2.59. The Morgan fingerprint density at radius 2 is 1.89 bits per heavy atom. The maximum Gasteiger partial charge on any atom is 0.161 e. The topological polar surface area (TPSA) is 54.7 Å². The summed E-state index contributed by atoms with van der Waals surface area (Å²) >= 11 is 0. The van der Waals surface area contributed by atoms with Crippen LogP contribution in [0.4, 0.5) is 8.78 Å². The molecule has 0 amide bonds. The number of H-pyrrole nitrogens is 1. The Labute approximate surface area is 103 Å². The van der Waals surface area contributed by atoms with Crippen molar-refractivity contribution >= 4 is 11.0 Å². The van der Waals surface area contributed by atoms with Gasteiger partial charge in [0.15, 0.2) is 11.6 Å². The Balaban J connectivity index is 2.13. The van der Waals surface area contributed by atoms with Gasteiger partial charge < -0.3 is 10.7 Å². The lowest BCUT2D eigenvalue weighted by molar-refractivity contribution is 0.430. The Morgan fingerprint density at radius 3 is 2.56 bits per heavy atom. The predicted octanol–water partition coefficient (Wildman–Crippen LogP) is 2.61. The molecule has 0 saturated heterocycles. The number of hydrogen-bond donors (Lipinski definition) is 2. The fourth-order valence-corrected chi connectivity index (χ4v) is 2.85. The first-order valence-corrected chi connectivity index (χ1v) is 6.20. The molecule has 96 valence electrons. The minimum Gasteiger partial charge on any atom is -0.341 e. The van der Waals surface area contributed by atoms with Crippen molar-refractivity contribution in [2.24, 2.45) is 5.73 Å². The first-order valence-electron chi connectivity index (χ1n) is 6.20. The number of nitrogens with two attached hydrogens (primary N) is 1. The average Bonchev–Trinajstić information content (AvgIpc) is 2.96. The Bertz CT molecular complexity index is 546. The zero-order valence-corrected chi connectivity index (χ0v) is 9.97. The fraction of sp³-hybridized carbons (Fsp3) is 0.462. The highest BCUT2D eigenvalue weighted by Crippen LogP contribution is 2.39. The van der Waals surface area contributed by atoms with Crippen molar-refractivity contribution in [3.63, 3.8) is 0 Å². The number of nitrogens with zero attached hydrogens (tertiary/aromatic N) is 1. The van der Waals surface area contributed by atoms with E-state index in [0.29, 0.717) is 17.6 Å². The first kappa shape index (κ1) is 11.6. The largest absolute Gasteiger partial charge is 0.341 e. The zero-order valence-electron chi connectivity index (χ0n) is 9.97. The van der Waals surface area contributed by atoms with Crippen LogP contribution in [0.1, 0.15) is 31.5 Å². The molecule has 2 aromatic rings. The van der Waals surface area contributed by atoms with Crippen LogP contribution < -0.4 is 5.73 Å². The number of aromatic amines is 1. The molecule has 1 saturated carbocycles. The summed E-state index contributed by atoms with van der Waals surface area (Å²) in [6.07, 6.45) is 4.20. The third kappa shape index (κ3) is 1.61. The lowest BCUT2D eigenvalue weighted by atomic mass is 9.85. The summed E-state index contributed by atoms with van der Waals surface area (Å²) in [6.45, 7) is 0.512. The highest BCUT2D eigenvalue weighted by molar-refractivity contribution is 5.75. The number of halogens is 2. The monoisotopic (exact) mass is 251 g/mol. The second-order valence-corrected chi connectivity index (χ2v) is 5.06. The summed E-state index contributed by atoms with van der Waals surface area (Å²) in [7, 11) is 0. The molecule has 1 aliphatic carbocycles. The van der Waals surface area contributed by atoms with Crippen LogP contribution in [0.15, 0.2) is 12.1 Å². The number of nitrogens with one attached hydrogen (secondary N) is 1. The van der Waals surface area contributed by atoms with Crippen molar-refractivity contribution in [1.82, 2.24) is 9.97 Å². The highest BCUT2D eigenvalue weighted by atomic mass is 19.2. The van der Waals surface area contributed by atoms with Gasteiger partial charge in [-0.3, -0.25) is 0 Å². The number of aromatic nitrogens is 2. The number of benzene rings is 1. The Hall–Kier alpha value is -1.49. The smallest absolute Gasteiger partial charge is 0.161 e. The van der Waals surface area contributed by atoms with Crippen molar-refractivity contribution in [3.05, 3.63) is 29.6 Å². The van der Waals surface area contributed by atoms with Gasteiger partial charge in [0.2, 0.25) is 0 Å². The maximum atomic E-state index is 13.2. The van der Waals surface area contributed by atoms with Crippen LogP contribution in [-0.4, -0.2) is 16.5 Å². The summed E-state index contributed by atoms with van der Waals surface area (Å²) in [6, 6.07) is 2.28. The van der Waals surface area contributed by atoms with Crippen molar-refractivity contribution < 1.29 is 8.78 Å². The summed E-state index contributed by atoms with van der Waals surface area (Å²) < 4.78 is 26.3. The summed E-state index contributed by atoms with van der Waals surface area (Å²) in [5.41, 5.74) is 6.72. The molecule has 5 heteroatoms. The Morgan fingerprint density at radius 1 is 1.22 bits per heavy atom. The molecular weight excluding hydrogens is 236 g/mol. The van der Waals surface area contributed by atoms with Crippen LogP contribution in [0.5, 0.6) is 0 Å². The van der Waals surface area contributed by atoms with E-state index in [1.807, 2.05) is 0 Å². The van der Waals surface area contributed by atoms with E-state index in [1.54, 1.807) is 0 Å². The van der Waals surface area contributed by atoms with E-state index in [-0.39, 0.29) is 5.41 Å². The second-order valence-electron chi connectivity index (χ2n) is 5.06.